The number of halogens is 1. The van der Waals surface area contributed by atoms with Gasteiger partial charge in [-0.3, -0.25) is 0 Å². The van der Waals surface area contributed by atoms with Crippen LogP contribution in [-0.4, -0.2) is 12.1 Å². The van der Waals surface area contributed by atoms with E-state index in [1.165, 1.54) is 37.7 Å². The molecule has 0 radical (unpaired) electrons. The lowest BCUT2D eigenvalue weighted by Gasteiger charge is -2.28. The minimum absolute atomic E-state index is 0. The second-order valence-electron chi connectivity index (χ2n) is 4.72. The predicted molar refractivity (Wildman–Crippen MR) is 72.2 cm³/mol. The van der Waals surface area contributed by atoms with E-state index in [-0.39, 0.29) is 12.4 Å². The molecule has 0 aliphatic carbocycles. The van der Waals surface area contributed by atoms with Crippen LogP contribution in [0.3, 0.4) is 0 Å². The van der Waals surface area contributed by atoms with E-state index in [4.69, 9.17) is 0 Å². The highest BCUT2D eigenvalue weighted by atomic mass is 35.5. The Kier molecular flexibility index (Phi) is 5.86. The number of hydrogen-bond donors (Lipinski definition) is 1. The van der Waals surface area contributed by atoms with E-state index in [2.05, 4.69) is 42.6 Å². The minimum Gasteiger partial charge on any atom is -0.311 e. The number of aryl methyl sites for hydroxylation is 1. The van der Waals surface area contributed by atoms with Gasteiger partial charge in [-0.15, -0.1) is 12.4 Å². The first kappa shape index (κ1) is 13.5. The van der Waals surface area contributed by atoms with Gasteiger partial charge in [-0.1, -0.05) is 36.8 Å². The molecule has 1 aliphatic heterocycles. The number of piperidine rings is 1. The molecule has 2 heteroatoms. The van der Waals surface area contributed by atoms with Crippen molar-refractivity contribution in [3.8, 4) is 0 Å². The summed E-state index contributed by atoms with van der Waals surface area (Å²) in [4.78, 5) is 0. The number of rotatable bonds is 3. The first-order valence-electron chi connectivity index (χ1n) is 6.14. The van der Waals surface area contributed by atoms with Gasteiger partial charge in [0.2, 0.25) is 0 Å². The van der Waals surface area contributed by atoms with Crippen LogP contribution in [0.4, 0.5) is 0 Å². The van der Waals surface area contributed by atoms with Crippen molar-refractivity contribution in [3.63, 3.8) is 0 Å². The summed E-state index contributed by atoms with van der Waals surface area (Å²) in [6, 6.07) is 12.3. The van der Waals surface area contributed by atoms with E-state index in [9.17, 15) is 0 Å². The SMILES string of the molecule is C[C@H]1CCC[C@H](CCc2ccccc2)N1.Cl. The Balaban J connectivity index is 0.00000128. The molecule has 0 unspecified atom stereocenters. The lowest BCUT2D eigenvalue weighted by atomic mass is 9.95. The third-order valence-electron chi connectivity index (χ3n) is 3.33. The van der Waals surface area contributed by atoms with E-state index in [0.29, 0.717) is 0 Å². The van der Waals surface area contributed by atoms with Crippen molar-refractivity contribution in [2.75, 3.05) is 0 Å². The molecular formula is C14H22ClN. The van der Waals surface area contributed by atoms with Crippen molar-refractivity contribution in [3.05, 3.63) is 35.9 Å². The second-order valence-corrected chi connectivity index (χ2v) is 4.72. The summed E-state index contributed by atoms with van der Waals surface area (Å²) in [6.07, 6.45) is 6.60. The molecule has 1 fully saturated rings. The Morgan fingerprint density at radius 3 is 2.62 bits per heavy atom. The van der Waals surface area contributed by atoms with E-state index >= 15 is 0 Å². The van der Waals surface area contributed by atoms with Gasteiger partial charge >= 0.3 is 0 Å². The van der Waals surface area contributed by atoms with Crippen LogP contribution < -0.4 is 5.32 Å². The van der Waals surface area contributed by atoms with E-state index in [1.54, 1.807) is 0 Å². The lowest BCUT2D eigenvalue weighted by Crippen LogP contribution is -2.40. The predicted octanol–water partition coefficient (Wildman–Crippen LogP) is 3.57. The van der Waals surface area contributed by atoms with Crippen LogP contribution in [0.2, 0.25) is 0 Å². The van der Waals surface area contributed by atoms with Crippen molar-refractivity contribution in [2.24, 2.45) is 0 Å². The van der Waals surface area contributed by atoms with Crippen molar-refractivity contribution in [1.29, 1.82) is 0 Å². The van der Waals surface area contributed by atoms with Crippen LogP contribution >= 0.6 is 12.4 Å². The first-order valence-corrected chi connectivity index (χ1v) is 6.14. The standard InChI is InChI=1S/C14H21N.ClH/c1-12-6-5-9-14(15-12)11-10-13-7-3-2-4-8-13;/h2-4,7-8,12,14-15H,5-6,9-11H2,1H3;1H/t12-,14+;/m0./s1. The molecule has 1 N–H and O–H groups in total. The fraction of sp³-hybridized carbons (Fsp3) is 0.571. The van der Waals surface area contributed by atoms with Gasteiger partial charge in [-0.25, -0.2) is 0 Å². The minimum atomic E-state index is 0. The van der Waals surface area contributed by atoms with Crippen molar-refractivity contribution >= 4 is 12.4 Å². The van der Waals surface area contributed by atoms with Gasteiger partial charge in [0.1, 0.15) is 0 Å². The lowest BCUT2D eigenvalue weighted by molar-refractivity contribution is 0.322. The highest BCUT2D eigenvalue weighted by Crippen LogP contribution is 2.16. The molecule has 16 heavy (non-hydrogen) atoms. The van der Waals surface area contributed by atoms with Crippen LogP contribution in [0.5, 0.6) is 0 Å². The summed E-state index contributed by atoms with van der Waals surface area (Å²) in [5.74, 6) is 0. The molecule has 2 atom stereocenters. The first-order chi connectivity index (χ1) is 7.34. The van der Waals surface area contributed by atoms with E-state index in [1.807, 2.05) is 0 Å². The second kappa shape index (κ2) is 6.93. The van der Waals surface area contributed by atoms with Crippen LogP contribution in [0.25, 0.3) is 0 Å². The Bertz CT molecular complexity index is 286. The Morgan fingerprint density at radius 2 is 1.94 bits per heavy atom. The van der Waals surface area contributed by atoms with Gasteiger partial charge in [0.15, 0.2) is 0 Å². The normalized spacial score (nSPS) is 24.8. The van der Waals surface area contributed by atoms with Crippen LogP contribution in [0.15, 0.2) is 30.3 Å². The van der Waals surface area contributed by atoms with Crippen LogP contribution in [0.1, 0.15) is 38.2 Å². The van der Waals surface area contributed by atoms with Gasteiger partial charge in [-0.2, -0.15) is 0 Å². The molecule has 1 aromatic rings. The highest BCUT2D eigenvalue weighted by Gasteiger charge is 2.16. The van der Waals surface area contributed by atoms with Gasteiger partial charge in [0, 0.05) is 12.1 Å². The Labute approximate surface area is 105 Å². The number of hydrogen-bond acceptors (Lipinski definition) is 1. The fourth-order valence-electron chi connectivity index (χ4n) is 2.45. The monoisotopic (exact) mass is 239 g/mol. The average Bonchev–Trinajstić information content (AvgIpc) is 2.28. The summed E-state index contributed by atoms with van der Waals surface area (Å²) >= 11 is 0. The average molecular weight is 240 g/mol. The zero-order valence-electron chi connectivity index (χ0n) is 9.99. The summed E-state index contributed by atoms with van der Waals surface area (Å²) < 4.78 is 0. The number of nitrogens with one attached hydrogen (secondary N) is 1. The zero-order valence-corrected chi connectivity index (χ0v) is 10.8. The van der Waals surface area contributed by atoms with Crippen molar-refractivity contribution in [2.45, 2.75) is 51.1 Å². The molecule has 0 saturated carbocycles. The van der Waals surface area contributed by atoms with E-state index < -0.39 is 0 Å². The smallest absolute Gasteiger partial charge is 0.00727 e. The quantitative estimate of drug-likeness (QED) is 0.851. The number of benzene rings is 1. The fourth-order valence-corrected chi connectivity index (χ4v) is 2.45. The summed E-state index contributed by atoms with van der Waals surface area (Å²) in [5.41, 5.74) is 1.47. The zero-order chi connectivity index (χ0) is 10.5. The molecule has 0 bridgehead atoms. The molecule has 2 rings (SSSR count). The molecule has 1 aromatic carbocycles. The molecule has 1 nitrogen and oxygen atoms in total. The Hall–Kier alpha value is -0.530. The molecule has 90 valence electrons. The maximum Gasteiger partial charge on any atom is 0.00727 e. The summed E-state index contributed by atoms with van der Waals surface area (Å²) in [6.45, 7) is 2.30. The summed E-state index contributed by atoms with van der Waals surface area (Å²) in [5, 5.41) is 3.69. The molecule has 1 saturated heterocycles. The topological polar surface area (TPSA) is 12.0 Å². The van der Waals surface area contributed by atoms with Crippen LogP contribution in [0, 0.1) is 0 Å². The van der Waals surface area contributed by atoms with Gasteiger partial charge in [0.05, 0.1) is 0 Å². The van der Waals surface area contributed by atoms with E-state index in [0.717, 1.165) is 12.1 Å². The van der Waals surface area contributed by atoms with Crippen molar-refractivity contribution < 1.29 is 0 Å². The van der Waals surface area contributed by atoms with Crippen LogP contribution in [-0.2, 0) is 6.42 Å². The molecule has 0 spiro atoms. The molecule has 1 heterocycles. The van der Waals surface area contributed by atoms with Crippen molar-refractivity contribution in [1.82, 2.24) is 5.32 Å². The molecule has 1 aliphatic rings. The highest BCUT2D eigenvalue weighted by molar-refractivity contribution is 5.85. The maximum atomic E-state index is 3.69. The molecular weight excluding hydrogens is 218 g/mol. The third kappa shape index (κ3) is 4.15. The van der Waals surface area contributed by atoms with Gasteiger partial charge < -0.3 is 5.32 Å². The van der Waals surface area contributed by atoms with Gasteiger partial charge in [-0.05, 0) is 38.2 Å². The maximum absolute atomic E-state index is 3.69. The molecule has 0 amide bonds. The van der Waals surface area contributed by atoms with Gasteiger partial charge in [0.25, 0.3) is 0 Å². The summed E-state index contributed by atoms with van der Waals surface area (Å²) in [7, 11) is 0. The largest absolute Gasteiger partial charge is 0.311 e. The third-order valence-corrected chi connectivity index (χ3v) is 3.33. The Morgan fingerprint density at radius 1 is 1.19 bits per heavy atom. The molecule has 0 aromatic heterocycles.